The fourth-order valence-electron chi connectivity index (χ4n) is 4.04. The molecule has 2 aliphatic heterocycles. The molecule has 0 unspecified atom stereocenters. The van der Waals surface area contributed by atoms with Crippen LogP contribution in [0.4, 0.5) is 0 Å². The predicted octanol–water partition coefficient (Wildman–Crippen LogP) is 3.70. The van der Waals surface area contributed by atoms with Gasteiger partial charge in [-0.3, -0.25) is 0 Å². The third-order valence-corrected chi connectivity index (χ3v) is 5.11. The highest BCUT2D eigenvalue weighted by Gasteiger charge is 2.52. The van der Waals surface area contributed by atoms with Gasteiger partial charge in [0, 0.05) is 31.0 Å². The number of piperidine rings is 1. The molecule has 0 radical (unpaired) electrons. The summed E-state index contributed by atoms with van der Waals surface area (Å²) >= 11 is 0. The molecule has 2 atom stereocenters. The first kappa shape index (κ1) is 12.9. The molecule has 1 saturated heterocycles. The second-order valence-corrected chi connectivity index (χ2v) is 6.41. The summed E-state index contributed by atoms with van der Waals surface area (Å²) < 4.78 is 6.59. The third kappa shape index (κ3) is 1.82. The average molecular weight is 279 g/mol. The van der Waals surface area contributed by atoms with Gasteiger partial charge < -0.3 is 9.64 Å². The molecule has 2 nitrogen and oxygen atoms in total. The number of aryl methyl sites for hydroxylation is 1. The van der Waals surface area contributed by atoms with Crippen molar-refractivity contribution in [3.05, 3.63) is 65.2 Å². The second kappa shape index (κ2) is 4.60. The maximum Gasteiger partial charge on any atom is 0.144 e. The Morgan fingerprint density at radius 3 is 2.71 bits per heavy atom. The first-order valence-electron chi connectivity index (χ1n) is 7.73. The lowest BCUT2D eigenvalue weighted by Gasteiger charge is -2.43. The zero-order valence-electron chi connectivity index (χ0n) is 12.7. The molecule has 2 aliphatic rings. The summed E-state index contributed by atoms with van der Waals surface area (Å²) in [5.74, 6) is 1.50. The van der Waals surface area contributed by atoms with Crippen molar-refractivity contribution in [2.24, 2.45) is 0 Å². The molecule has 0 aliphatic carbocycles. The standard InChI is InChI=1S/C19H21NO/c1-14-7-3-5-9-16(14)19-11-12-20(2)13-17(19)15-8-4-6-10-18(15)21-19/h3-10,17H,11-13H2,1-2H3/t17-,19+/m0/s1. The maximum atomic E-state index is 6.59. The van der Waals surface area contributed by atoms with Crippen molar-refractivity contribution in [1.29, 1.82) is 0 Å². The van der Waals surface area contributed by atoms with Gasteiger partial charge in [0.15, 0.2) is 0 Å². The number of benzene rings is 2. The SMILES string of the molecule is Cc1ccccc1[C@]12CCN(C)C[C@H]1c1ccccc1O2. The Morgan fingerprint density at radius 2 is 1.86 bits per heavy atom. The van der Waals surface area contributed by atoms with Crippen molar-refractivity contribution in [3.8, 4) is 5.75 Å². The Labute approximate surface area is 126 Å². The van der Waals surface area contributed by atoms with E-state index in [2.05, 4.69) is 67.4 Å². The number of likely N-dealkylation sites (N-methyl/N-ethyl adjacent to an activating group) is 1. The molecule has 0 N–H and O–H groups in total. The highest BCUT2D eigenvalue weighted by Crippen LogP contribution is 2.54. The van der Waals surface area contributed by atoms with Gasteiger partial charge in [-0.15, -0.1) is 0 Å². The van der Waals surface area contributed by atoms with E-state index in [1.807, 2.05) is 0 Å². The summed E-state index contributed by atoms with van der Waals surface area (Å²) in [6.07, 6.45) is 1.05. The number of nitrogens with zero attached hydrogens (tertiary/aromatic N) is 1. The summed E-state index contributed by atoms with van der Waals surface area (Å²) in [4.78, 5) is 2.42. The number of rotatable bonds is 1. The van der Waals surface area contributed by atoms with E-state index in [0.29, 0.717) is 5.92 Å². The van der Waals surface area contributed by atoms with E-state index in [4.69, 9.17) is 4.74 Å². The van der Waals surface area contributed by atoms with Crippen LogP contribution in [0.15, 0.2) is 48.5 Å². The van der Waals surface area contributed by atoms with E-state index in [0.717, 1.165) is 25.3 Å². The molecule has 4 rings (SSSR count). The molecule has 21 heavy (non-hydrogen) atoms. The number of fused-ring (bicyclic) bond motifs is 3. The summed E-state index contributed by atoms with van der Waals surface area (Å²) in [6.45, 7) is 4.34. The molecular weight excluding hydrogens is 258 g/mol. The molecule has 2 heterocycles. The van der Waals surface area contributed by atoms with Gasteiger partial charge in [0.2, 0.25) is 0 Å². The quantitative estimate of drug-likeness (QED) is 0.789. The molecule has 0 amide bonds. The third-order valence-electron chi connectivity index (χ3n) is 5.11. The number of hydrogen-bond acceptors (Lipinski definition) is 2. The van der Waals surface area contributed by atoms with Crippen molar-refractivity contribution >= 4 is 0 Å². The fourth-order valence-corrected chi connectivity index (χ4v) is 4.04. The van der Waals surface area contributed by atoms with E-state index in [-0.39, 0.29) is 5.60 Å². The first-order chi connectivity index (χ1) is 10.2. The number of para-hydroxylation sites is 1. The van der Waals surface area contributed by atoms with Gasteiger partial charge in [-0.25, -0.2) is 0 Å². The lowest BCUT2D eigenvalue weighted by Crippen LogP contribution is -2.48. The van der Waals surface area contributed by atoms with E-state index < -0.39 is 0 Å². The van der Waals surface area contributed by atoms with E-state index in [1.54, 1.807) is 0 Å². The average Bonchev–Trinajstić information content (AvgIpc) is 2.83. The van der Waals surface area contributed by atoms with Crippen LogP contribution in [-0.2, 0) is 5.60 Å². The molecule has 2 heteroatoms. The minimum absolute atomic E-state index is 0.179. The largest absolute Gasteiger partial charge is 0.482 e. The summed E-state index contributed by atoms with van der Waals surface area (Å²) in [7, 11) is 2.21. The Hall–Kier alpha value is -1.80. The fraction of sp³-hybridized carbons (Fsp3) is 0.368. The van der Waals surface area contributed by atoms with E-state index >= 15 is 0 Å². The van der Waals surface area contributed by atoms with Crippen molar-refractivity contribution in [3.63, 3.8) is 0 Å². The van der Waals surface area contributed by atoms with Gasteiger partial charge in [-0.05, 0) is 31.2 Å². The minimum Gasteiger partial charge on any atom is -0.482 e. The summed E-state index contributed by atoms with van der Waals surface area (Å²) in [6, 6.07) is 17.3. The van der Waals surface area contributed by atoms with Crippen LogP contribution in [0.2, 0.25) is 0 Å². The Morgan fingerprint density at radius 1 is 1.10 bits per heavy atom. The minimum atomic E-state index is -0.179. The maximum absolute atomic E-state index is 6.59. The van der Waals surface area contributed by atoms with Crippen LogP contribution in [-0.4, -0.2) is 25.0 Å². The monoisotopic (exact) mass is 279 g/mol. The normalized spacial score (nSPS) is 27.8. The van der Waals surface area contributed by atoms with Gasteiger partial charge in [-0.1, -0.05) is 42.5 Å². The highest BCUT2D eigenvalue weighted by molar-refractivity contribution is 5.49. The molecule has 0 aromatic heterocycles. The van der Waals surface area contributed by atoms with E-state index in [1.165, 1.54) is 16.7 Å². The van der Waals surface area contributed by atoms with Gasteiger partial charge in [-0.2, -0.15) is 0 Å². The molecule has 1 fully saturated rings. The Bertz CT molecular complexity index is 681. The van der Waals surface area contributed by atoms with Gasteiger partial charge in [0.05, 0.1) is 0 Å². The predicted molar refractivity (Wildman–Crippen MR) is 84.8 cm³/mol. The second-order valence-electron chi connectivity index (χ2n) is 6.41. The molecule has 0 spiro atoms. The Kier molecular flexibility index (Phi) is 2.83. The van der Waals surface area contributed by atoms with Crippen LogP contribution in [0.5, 0.6) is 5.75 Å². The molecule has 108 valence electrons. The van der Waals surface area contributed by atoms with Crippen molar-refractivity contribution < 1.29 is 4.74 Å². The molecular formula is C19H21NO. The summed E-state index contributed by atoms with van der Waals surface area (Å²) in [5.41, 5.74) is 3.88. The van der Waals surface area contributed by atoms with Crippen LogP contribution in [0.25, 0.3) is 0 Å². The molecule has 2 aromatic rings. The topological polar surface area (TPSA) is 12.5 Å². The molecule has 0 bridgehead atoms. The lowest BCUT2D eigenvalue weighted by atomic mass is 9.73. The zero-order valence-corrected chi connectivity index (χ0v) is 12.7. The van der Waals surface area contributed by atoms with Crippen molar-refractivity contribution in [2.75, 3.05) is 20.1 Å². The van der Waals surface area contributed by atoms with Crippen LogP contribution in [0, 0.1) is 6.92 Å². The van der Waals surface area contributed by atoms with Crippen molar-refractivity contribution in [2.45, 2.75) is 24.9 Å². The molecule has 2 aromatic carbocycles. The highest BCUT2D eigenvalue weighted by atomic mass is 16.5. The lowest BCUT2D eigenvalue weighted by molar-refractivity contribution is 0.00652. The van der Waals surface area contributed by atoms with Crippen LogP contribution < -0.4 is 4.74 Å². The number of ether oxygens (including phenoxy) is 1. The van der Waals surface area contributed by atoms with Crippen LogP contribution >= 0.6 is 0 Å². The van der Waals surface area contributed by atoms with Gasteiger partial charge >= 0.3 is 0 Å². The smallest absolute Gasteiger partial charge is 0.144 e. The summed E-state index contributed by atoms with van der Waals surface area (Å²) in [5, 5.41) is 0. The number of likely N-dealkylation sites (tertiary alicyclic amines) is 1. The first-order valence-corrected chi connectivity index (χ1v) is 7.73. The zero-order chi connectivity index (χ0) is 14.4. The van der Waals surface area contributed by atoms with E-state index in [9.17, 15) is 0 Å². The van der Waals surface area contributed by atoms with Gasteiger partial charge in [0.25, 0.3) is 0 Å². The number of hydrogen-bond donors (Lipinski definition) is 0. The molecule has 0 saturated carbocycles. The Balaban J connectivity index is 1.89. The van der Waals surface area contributed by atoms with Gasteiger partial charge in [0.1, 0.15) is 11.4 Å². The van der Waals surface area contributed by atoms with Crippen LogP contribution in [0.1, 0.15) is 29.0 Å². The van der Waals surface area contributed by atoms with Crippen molar-refractivity contribution in [1.82, 2.24) is 4.90 Å². The van der Waals surface area contributed by atoms with Crippen LogP contribution in [0.3, 0.4) is 0 Å².